The van der Waals surface area contributed by atoms with E-state index in [1.54, 1.807) is 4.90 Å². The van der Waals surface area contributed by atoms with Gasteiger partial charge in [0.2, 0.25) is 5.82 Å². The van der Waals surface area contributed by atoms with Gasteiger partial charge in [0.15, 0.2) is 0 Å². The monoisotopic (exact) mass is 496 g/mol. The molecule has 2 heterocycles. The van der Waals surface area contributed by atoms with Crippen LogP contribution in [0.2, 0.25) is 5.02 Å². The van der Waals surface area contributed by atoms with Crippen molar-refractivity contribution in [2.75, 3.05) is 4.90 Å². The van der Waals surface area contributed by atoms with Gasteiger partial charge >= 0.3 is 6.03 Å². The topological polar surface area (TPSA) is 71.3 Å². The molecule has 4 aromatic rings. The van der Waals surface area contributed by atoms with Gasteiger partial charge in [-0.05, 0) is 80.1 Å². The van der Waals surface area contributed by atoms with Crippen LogP contribution in [0, 0.1) is 6.92 Å². The highest BCUT2D eigenvalue weighted by Crippen LogP contribution is 2.40. The van der Waals surface area contributed by atoms with Crippen LogP contribution in [-0.2, 0) is 12.8 Å². The van der Waals surface area contributed by atoms with Gasteiger partial charge < -0.3 is 9.84 Å². The van der Waals surface area contributed by atoms with E-state index in [0.29, 0.717) is 16.7 Å². The van der Waals surface area contributed by atoms with Crippen molar-refractivity contribution < 1.29 is 9.32 Å². The summed E-state index contributed by atoms with van der Waals surface area (Å²) in [6.45, 7) is 3.96. The first-order chi connectivity index (χ1) is 17.5. The van der Waals surface area contributed by atoms with Crippen LogP contribution in [-0.4, -0.2) is 16.2 Å². The van der Waals surface area contributed by atoms with Crippen LogP contribution in [0.1, 0.15) is 47.5 Å². The summed E-state index contributed by atoms with van der Waals surface area (Å²) in [6, 6.07) is 21.0. The Bertz CT molecular complexity index is 1510. The Kier molecular flexibility index (Phi) is 5.61. The van der Waals surface area contributed by atoms with Gasteiger partial charge in [0.1, 0.15) is 0 Å². The number of aryl methyl sites for hydroxylation is 3. The summed E-state index contributed by atoms with van der Waals surface area (Å²) in [6.07, 6.45) is 3.27. The maximum absolute atomic E-state index is 13.5. The maximum atomic E-state index is 13.5. The Morgan fingerprint density at radius 2 is 1.81 bits per heavy atom. The van der Waals surface area contributed by atoms with Gasteiger partial charge in [0, 0.05) is 16.3 Å². The molecule has 7 heteroatoms. The molecule has 6 nitrogen and oxygen atoms in total. The smallest absolute Gasteiger partial charge is 0.326 e. The highest BCUT2D eigenvalue weighted by atomic mass is 35.5. The lowest BCUT2D eigenvalue weighted by molar-refractivity contribution is 0.244. The summed E-state index contributed by atoms with van der Waals surface area (Å²) < 4.78 is 5.81. The summed E-state index contributed by atoms with van der Waals surface area (Å²) in [7, 11) is 0. The minimum absolute atomic E-state index is 0.201. The summed E-state index contributed by atoms with van der Waals surface area (Å²) >= 11 is 6.15. The number of rotatable bonds is 4. The zero-order chi connectivity index (χ0) is 24.8. The number of nitrogens with one attached hydrogen (secondary N) is 1. The number of aromatic nitrogens is 2. The first-order valence-electron chi connectivity index (χ1n) is 12.1. The van der Waals surface area contributed by atoms with E-state index in [0.717, 1.165) is 52.9 Å². The number of hydrogen-bond acceptors (Lipinski definition) is 4. The molecule has 1 aliphatic carbocycles. The minimum atomic E-state index is -0.466. The molecule has 180 valence electrons. The Morgan fingerprint density at radius 1 is 1.00 bits per heavy atom. The van der Waals surface area contributed by atoms with Gasteiger partial charge in [0.05, 0.1) is 17.3 Å². The third kappa shape index (κ3) is 3.97. The quantitative estimate of drug-likeness (QED) is 0.334. The SMILES string of the molecule is CC1=C(c2nc(-c3cccc(C)c3)no2)C(c2ccc(Cl)cc2)NC(=O)N1c1ccc2c(c1)CCC2. The summed E-state index contributed by atoms with van der Waals surface area (Å²) in [5, 5.41) is 8.06. The van der Waals surface area contributed by atoms with Gasteiger partial charge in [-0.25, -0.2) is 4.79 Å². The van der Waals surface area contributed by atoms with Crippen LogP contribution in [0.3, 0.4) is 0 Å². The molecule has 0 radical (unpaired) electrons. The fourth-order valence-electron chi connectivity index (χ4n) is 5.17. The molecule has 1 aromatic heterocycles. The third-order valence-electron chi connectivity index (χ3n) is 6.96. The van der Waals surface area contributed by atoms with E-state index in [9.17, 15) is 4.79 Å². The average Bonchev–Trinajstić information content (AvgIpc) is 3.54. The third-order valence-corrected chi connectivity index (χ3v) is 7.21. The lowest BCUT2D eigenvalue weighted by Crippen LogP contribution is -2.46. The van der Waals surface area contributed by atoms with E-state index in [2.05, 4.69) is 22.6 Å². The first kappa shape index (κ1) is 22.6. The normalized spacial score (nSPS) is 17.4. The fraction of sp³-hybridized carbons (Fsp3) is 0.207. The lowest BCUT2D eigenvalue weighted by Gasteiger charge is -2.35. The van der Waals surface area contributed by atoms with Gasteiger partial charge in [-0.15, -0.1) is 0 Å². The molecule has 36 heavy (non-hydrogen) atoms. The second-order valence-corrected chi connectivity index (χ2v) is 9.80. The number of carbonyl (C=O) groups excluding carboxylic acids is 1. The van der Waals surface area contributed by atoms with E-state index < -0.39 is 6.04 Å². The number of anilines is 1. The zero-order valence-corrected chi connectivity index (χ0v) is 20.8. The van der Waals surface area contributed by atoms with Crippen molar-refractivity contribution in [3.05, 3.63) is 106 Å². The largest absolute Gasteiger partial charge is 0.334 e. The number of amides is 2. The van der Waals surface area contributed by atoms with E-state index in [1.165, 1.54) is 11.1 Å². The number of urea groups is 1. The summed E-state index contributed by atoms with van der Waals surface area (Å²) in [5.41, 5.74) is 7.86. The molecule has 2 amide bonds. The van der Waals surface area contributed by atoms with Gasteiger partial charge in [-0.1, -0.05) is 58.7 Å². The molecule has 1 unspecified atom stereocenters. The van der Waals surface area contributed by atoms with Gasteiger partial charge in [-0.3, -0.25) is 4.90 Å². The van der Waals surface area contributed by atoms with E-state index >= 15 is 0 Å². The number of benzene rings is 3. The number of hydrogen-bond donors (Lipinski definition) is 1. The Hall–Kier alpha value is -3.90. The fourth-order valence-corrected chi connectivity index (χ4v) is 5.29. The second kappa shape index (κ2) is 8.95. The minimum Gasteiger partial charge on any atom is -0.334 e. The van der Waals surface area contributed by atoms with E-state index in [-0.39, 0.29) is 6.03 Å². The van der Waals surface area contributed by atoms with Crippen molar-refractivity contribution in [3.63, 3.8) is 0 Å². The average molecular weight is 497 g/mol. The number of nitrogens with zero attached hydrogens (tertiary/aromatic N) is 3. The molecule has 0 fully saturated rings. The Balaban J connectivity index is 1.49. The van der Waals surface area contributed by atoms with Crippen LogP contribution in [0.15, 0.2) is 77.0 Å². The van der Waals surface area contributed by atoms with Crippen molar-refractivity contribution in [2.24, 2.45) is 0 Å². The molecule has 1 N–H and O–H groups in total. The first-order valence-corrected chi connectivity index (χ1v) is 12.5. The Morgan fingerprint density at radius 3 is 2.61 bits per heavy atom. The molecule has 0 saturated heterocycles. The molecule has 0 spiro atoms. The van der Waals surface area contributed by atoms with Crippen LogP contribution in [0.25, 0.3) is 17.0 Å². The molecule has 6 rings (SSSR count). The number of fused-ring (bicyclic) bond motifs is 1. The lowest BCUT2D eigenvalue weighted by atomic mass is 9.94. The van der Waals surface area contributed by atoms with Crippen LogP contribution in [0.4, 0.5) is 10.5 Å². The van der Waals surface area contributed by atoms with E-state index in [4.69, 9.17) is 21.1 Å². The maximum Gasteiger partial charge on any atom is 0.326 e. The molecular weight excluding hydrogens is 472 g/mol. The highest BCUT2D eigenvalue weighted by molar-refractivity contribution is 6.30. The molecule has 3 aromatic carbocycles. The summed E-state index contributed by atoms with van der Waals surface area (Å²) in [4.78, 5) is 20.0. The second-order valence-electron chi connectivity index (χ2n) is 9.37. The molecule has 0 bridgehead atoms. The van der Waals surface area contributed by atoms with Crippen LogP contribution in [0.5, 0.6) is 0 Å². The van der Waals surface area contributed by atoms with E-state index in [1.807, 2.05) is 68.4 Å². The van der Waals surface area contributed by atoms with Gasteiger partial charge in [0.25, 0.3) is 5.89 Å². The zero-order valence-electron chi connectivity index (χ0n) is 20.1. The van der Waals surface area contributed by atoms with Crippen molar-refractivity contribution in [1.82, 2.24) is 15.5 Å². The van der Waals surface area contributed by atoms with Crippen molar-refractivity contribution in [3.8, 4) is 11.4 Å². The predicted octanol–water partition coefficient (Wildman–Crippen LogP) is 6.89. The van der Waals surface area contributed by atoms with Crippen LogP contribution < -0.4 is 10.2 Å². The summed E-state index contributed by atoms with van der Waals surface area (Å²) in [5.74, 6) is 0.875. The Labute approximate surface area is 214 Å². The predicted molar refractivity (Wildman–Crippen MR) is 141 cm³/mol. The standard InChI is InChI=1S/C29H25ClN4O2/c1-17-5-3-8-22(15-17)27-32-28(36-33-27)25-18(2)34(24-14-11-19-6-4-7-21(19)16-24)29(35)31-26(25)20-9-12-23(30)13-10-20/h3,5,8-16,26H,4,6-7H2,1-2H3,(H,31,35). The molecule has 1 atom stereocenters. The number of allylic oxidation sites excluding steroid dienone is 1. The number of halogens is 1. The highest BCUT2D eigenvalue weighted by Gasteiger charge is 2.36. The molecular formula is C29H25ClN4O2. The van der Waals surface area contributed by atoms with Gasteiger partial charge in [-0.2, -0.15) is 4.98 Å². The van der Waals surface area contributed by atoms with Crippen LogP contribution >= 0.6 is 11.6 Å². The molecule has 2 aliphatic rings. The van der Waals surface area contributed by atoms with Crippen molar-refractivity contribution in [2.45, 2.75) is 39.2 Å². The number of carbonyl (C=O) groups is 1. The van der Waals surface area contributed by atoms with Crippen molar-refractivity contribution in [1.29, 1.82) is 0 Å². The molecule has 0 saturated carbocycles. The van der Waals surface area contributed by atoms with Crippen molar-refractivity contribution >= 4 is 28.9 Å². The molecule has 1 aliphatic heterocycles.